The molecule has 0 atom stereocenters. The fraction of sp³-hybridized carbons (Fsp3) is 0.905. The van der Waals surface area contributed by atoms with Crippen LogP contribution in [0.15, 0.2) is 24.3 Å². The SMILES string of the molecule is CCCCCCCC/C=C\CCCCCCCCOP(=S)(NCCC[N+](C)(C)C)OCCCCCCCC/C=C\CCCCCCCC.[I-]. The first kappa shape index (κ1) is 51.8. The molecule has 0 radical (unpaired) electrons. The highest BCUT2D eigenvalue weighted by atomic mass is 127. The van der Waals surface area contributed by atoms with Gasteiger partial charge in [-0.3, -0.25) is 0 Å². The van der Waals surface area contributed by atoms with E-state index < -0.39 is 6.64 Å². The van der Waals surface area contributed by atoms with Crippen LogP contribution >= 0.6 is 6.64 Å². The monoisotopic (exact) mass is 841 g/mol. The van der Waals surface area contributed by atoms with Gasteiger partial charge in [-0.2, -0.15) is 0 Å². The Kier molecular flexibility index (Phi) is 42.2. The highest BCUT2D eigenvalue weighted by Crippen LogP contribution is 2.44. The van der Waals surface area contributed by atoms with Gasteiger partial charge in [-0.15, -0.1) is 0 Å². The molecule has 0 saturated heterocycles. The third kappa shape index (κ3) is 43.0. The maximum atomic E-state index is 6.28. The summed E-state index contributed by atoms with van der Waals surface area (Å²) >= 11 is 5.97. The molecule has 4 nitrogen and oxygen atoms in total. The fourth-order valence-electron chi connectivity index (χ4n) is 5.97. The van der Waals surface area contributed by atoms with Crippen LogP contribution in [-0.4, -0.2) is 51.9 Å². The molecule has 0 aromatic heterocycles. The van der Waals surface area contributed by atoms with Gasteiger partial charge in [0.25, 0.3) is 6.64 Å². The lowest BCUT2D eigenvalue weighted by molar-refractivity contribution is -0.870. The fourth-order valence-corrected chi connectivity index (χ4v) is 8.12. The summed E-state index contributed by atoms with van der Waals surface area (Å²) in [6.07, 6.45) is 47.6. The molecule has 49 heavy (non-hydrogen) atoms. The second-order valence-corrected chi connectivity index (χ2v) is 18.6. The Hall–Kier alpha value is 0.700. The van der Waals surface area contributed by atoms with Crippen molar-refractivity contribution < 1.29 is 37.5 Å². The van der Waals surface area contributed by atoms with Gasteiger partial charge in [0.15, 0.2) is 0 Å². The van der Waals surface area contributed by atoms with Gasteiger partial charge in [-0.1, -0.05) is 154 Å². The number of halogens is 1. The minimum absolute atomic E-state index is 0. The molecule has 0 rings (SSSR count). The molecule has 0 aliphatic heterocycles. The van der Waals surface area contributed by atoms with Gasteiger partial charge in [0.1, 0.15) is 0 Å². The second kappa shape index (κ2) is 39.9. The van der Waals surface area contributed by atoms with Gasteiger partial charge in [0, 0.05) is 13.0 Å². The lowest BCUT2D eigenvalue weighted by atomic mass is 10.1. The highest BCUT2D eigenvalue weighted by Gasteiger charge is 2.19. The lowest BCUT2D eigenvalue weighted by Gasteiger charge is -2.26. The minimum atomic E-state index is -2.42. The molecule has 0 aromatic rings. The maximum Gasteiger partial charge on any atom is 0.261 e. The predicted molar refractivity (Wildman–Crippen MR) is 221 cm³/mol. The van der Waals surface area contributed by atoms with Crippen LogP contribution in [0, 0.1) is 0 Å². The smallest absolute Gasteiger partial charge is 0.261 e. The van der Waals surface area contributed by atoms with Crippen LogP contribution in [-0.2, 0) is 20.9 Å². The van der Waals surface area contributed by atoms with Crippen LogP contribution in [0.2, 0.25) is 0 Å². The maximum absolute atomic E-state index is 6.28. The predicted octanol–water partition coefficient (Wildman–Crippen LogP) is 11.0. The number of hydrogen-bond donors (Lipinski definition) is 1. The summed E-state index contributed by atoms with van der Waals surface area (Å²) in [5.41, 5.74) is 0. The number of unbranched alkanes of at least 4 members (excludes halogenated alkanes) is 24. The molecule has 0 aliphatic carbocycles. The molecule has 0 fully saturated rings. The first-order valence-electron chi connectivity index (χ1n) is 21.1. The van der Waals surface area contributed by atoms with Crippen molar-refractivity contribution in [3.63, 3.8) is 0 Å². The van der Waals surface area contributed by atoms with Gasteiger partial charge < -0.3 is 37.5 Å². The van der Waals surface area contributed by atoms with Crippen molar-refractivity contribution in [3.8, 4) is 0 Å². The molecule has 0 unspecified atom stereocenters. The van der Waals surface area contributed by atoms with Crippen molar-refractivity contribution in [3.05, 3.63) is 24.3 Å². The van der Waals surface area contributed by atoms with Crippen LogP contribution in [0.3, 0.4) is 0 Å². The number of hydrogen-bond acceptors (Lipinski definition) is 3. The van der Waals surface area contributed by atoms with E-state index >= 15 is 0 Å². The Labute approximate surface area is 331 Å². The standard InChI is InChI=1S/C42H86N2O2PS.HI/c1-6-8-10-12-14-16-18-20-22-24-26-28-30-32-34-36-41-45-47(48,43-39-38-40-44(3,4)5)46-42-37-35-33-31-29-27-25-23-21-19-17-15-13-11-9-7-2;/h20-23H,6-19,24-42H2,1-5H3,(H,43,48);1H/q+1;/p-1/b22-20-,23-21-;. The van der Waals surface area contributed by atoms with E-state index in [1.165, 1.54) is 167 Å². The van der Waals surface area contributed by atoms with Crippen molar-refractivity contribution >= 4 is 18.4 Å². The zero-order chi connectivity index (χ0) is 35.3. The number of quaternary nitrogens is 1. The van der Waals surface area contributed by atoms with Gasteiger partial charge >= 0.3 is 0 Å². The zero-order valence-corrected chi connectivity index (χ0v) is 37.5. The zero-order valence-electron chi connectivity index (χ0n) is 33.6. The third-order valence-corrected chi connectivity index (χ3v) is 11.8. The molecule has 294 valence electrons. The topological polar surface area (TPSA) is 30.5 Å². The highest BCUT2D eigenvalue weighted by molar-refractivity contribution is 8.08. The van der Waals surface area contributed by atoms with Gasteiger partial charge in [0.05, 0.1) is 40.9 Å². The Morgan fingerprint density at radius 2 is 0.776 bits per heavy atom. The average molecular weight is 841 g/mol. The summed E-state index contributed by atoms with van der Waals surface area (Å²) < 4.78 is 13.5. The molecule has 1 N–H and O–H groups in total. The number of allylic oxidation sites excluding steroid dienone is 4. The summed E-state index contributed by atoms with van der Waals surface area (Å²) in [4.78, 5) is 0. The first-order chi connectivity index (χ1) is 23.3. The third-order valence-electron chi connectivity index (χ3n) is 9.15. The van der Waals surface area contributed by atoms with Crippen molar-refractivity contribution in [2.24, 2.45) is 0 Å². The second-order valence-electron chi connectivity index (χ2n) is 15.3. The summed E-state index contributed by atoms with van der Waals surface area (Å²) in [7, 11) is 6.72. The summed E-state index contributed by atoms with van der Waals surface area (Å²) in [6, 6.07) is 0. The summed E-state index contributed by atoms with van der Waals surface area (Å²) in [6.45, 7) is 5.57. The van der Waals surface area contributed by atoms with Crippen LogP contribution in [0.4, 0.5) is 0 Å². The number of nitrogens with one attached hydrogen (secondary N) is 1. The Morgan fingerprint density at radius 1 is 0.469 bits per heavy atom. The van der Waals surface area contributed by atoms with Crippen LogP contribution in [0.5, 0.6) is 0 Å². The van der Waals surface area contributed by atoms with E-state index in [-0.39, 0.29) is 24.0 Å². The molecule has 0 saturated carbocycles. The molecule has 0 amide bonds. The van der Waals surface area contributed by atoms with Crippen LogP contribution in [0.25, 0.3) is 0 Å². The first-order valence-corrected chi connectivity index (χ1v) is 23.7. The lowest BCUT2D eigenvalue weighted by Crippen LogP contribution is -3.00. The molecule has 0 bridgehead atoms. The molecule has 0 heterocycles. The Bertz CT molecular complexity index is 711. The number of nitrogens with zero attached hydrogens (tertiary/aromatic N) is 1. The van der Waals surface area contributed by atoms with Crippen molar-refractivity contribution in [1.82, 2.24) is 5.09 Å². The molecular formula is C42H86IN2O2PS. The summed E-state index contributed by atoms with van der Waals surface area (Å²) in [5.74, 6) is 0. The summed E-state index contributed by atoms with van der Waals surface area (Å²) in [5, 5.41) is 3.54. The van der Waals surface area contributed by atoms with E-state index in [2.05, 4.69) is 64.4 Å². The quantitative estimate of drug-likeness (QED) is 0.0220. The Balaban J connectivity index is 0. The molecule has 7 heteroatoms. The van der Waals surface area contributed by atoms with Crippen molar-refractivity contribution in [2.45, 2.75) is 200 Å². The van der Waals surface area contributed by atoms with Gasteiger partial charge in [-0.05, 0) is 76.0 Å². The molecular weight excluding hydrogens is 754 g/mol. The van der Waals surface area contributed by atoms with E-state index in [1.54, 1.807) is 0 Å². The molecule has 0 spiro atoms. The van der Waals surface area contributed by atoms with Crippen LogP contribution < -0.4 is 29.1 Å². The largest absolute Gasteiger partial charge is 1.00 e. The van der Waals surface area contributed by atoms with E-state index in [9.17, 15) is 0 Å². The molecule has 0 aromatic carbocycles. The molecule has 0 aliphatic rings. The Morgan fingerprint density at radius 3 is 1.10 bits per heavy atom. The van der Waals surface area contributed by atoms with Crippen LogP contribution in [0.1, 0.15) is 200 Å². The average Bonchev–Trinajstić information content (AvgIpc) is 3.05. The van der Waals surface area contributed by atoms with E-state index in [0.717, 1.165) is 36.8 Å². The van der Waals surface area contributed by atoms with Gasteiger partial charge in [0.2, 0.25) is 0 Å². The van der Waals surface area contributed by atoms with E-state index in [1.807, 2.05) is 0 Å². The van der Waals surface area contributed by atoms with Crippen molar-refractivity contribution in [1.29, 1.82) is 0 Å². The number of rotatable bonds is 39. The van der Waals surface area contributed by atoms with Crippen molar-refractivity contribution in [2.75, 3.05) is 47.4 Å². The van der Waals surface area contributed by atoms with Gasteiger partial charge in [-0.25, -0.2) is 5.09 Å². The van der Waals surface area contributed by atoms with E-state index in [0.29, 0.717) is 13.2 Å². The minimum Gasteiger partial charge on any atom is -1.00 e. The normalized spacial score (nSPS) is 12.4. The van der Waals surface area contributed by atoms with E-state index in [4.69, 9.17) is 20.9 Å².